The van der Waals surface area contributed by atoms with Crippen LogP contribution in [0.25, 0.3) is 0 Å². The van der Waals surface area contributed by atoms with Gasteiger partial charge in [-0.05, 0) is 6.92 Å². The van der Waals surface area contributed by atoms with Gasteiger partial charge in [0.25, 0.3) is 0 Å². The molecule has 1 rings (SSSR count). The number of phenols is 3. The highest BCUT2D eigenvalue weighted by Gasteiger charge is 2.15. The number of aliphatic hydroxyl groups excluding tert-OH is 2. The highest BCUT2D eigenvalue weighted by Crippen LogP contribution is 2.31. The number of aromatic hydroxyl groups is 3. The minimum Gasteiger partial charge on any atom is -0.508 e. The number of aliphatic hydroxyl groups is 2. The molecule has 0 saturated carbocycles. The second kappa shape index (κ2) is 6.56. The van der Waals surface area contributed by atoms with Gasteiger partial charge < -0.3 is 30.6 Å². The van der Waals surface area contributed by atoms with Crippen LogP contribution in [0.15, 0.2) is 12.1 Å². The van der Waals surface area contributed by atoms with Crippen molar-refractivity contribution in [1.82, 2.24) is 0 Å². The van der Waals surface area contributed by atoms with Crippen molar-refractivity contribution in [3.63, 3.8) is 0 Å². The second-order valence-electron chi connectivity index (χ2n) is 3.20. The van der Waals surface area contributed by atoms with Crippen molar-refractivity contribution in [2.45, 2.75) is 13.0 Å². The van der Waals surface area contributed by atoms with E-state index in [-0.39, 0.29) is 6.61 Å². The summed E-state index contributed by atoms with van der Waals surface area (Å²) in [6, 6.07) is 1.67. The Morgan fingerprint density at radius 3 is 1.82 bits per heavy atom. The van der Waals surface area contributed by atoms with E-state index in [2.05, 4.69) is 0 Å². The lowest BCUT2D eigenvalue weighted by molar-refractivity contribution is 0.0690. The van der Waals surface area contributed by atoms with Crippen molar-refractivity contribution < 1.29 is 35.4 Å². The summed E-state index contributed by atoms with van der Waals surface area (Å²) in [5.74, 6) is -3.18. The molecule has 0 aromatic heterocycles. The van der Waals surface area contributed by atoms with Gasteiger partial charge in [-0.3, -0.25) is 0 Å². The van der Waals surface area contributed by atoms with E-state index in [0.717, 1.165) is 12.1 Å². The fraction of sp³-hybridized carbons (Fsp3) is 0.300. The Morgan fingerprint density at radius 2 is 1.59 bits per heavy atom. The maximum Gasteiger partial charge on any atom is 0.343 e. The Kier molecular flexibility index (Phi) is 5.79. The first-order valence-corrected chi connectivity index (χ1v) is 4.56. The maximum absolute atomic E-state index is 10.4. The number of phenolic OH excluding ortho intramolecular Hbond substituents is 1. The summed E-state index contributed by atoms with van der Waals surface area (Å²) in [7, 11) is 0. The van der Waals surface area contributed by atoms with E-state index in [1.54, 1.807) is 0 Å². The van der Waals surface area contributed by atoms with Gasteiger partial charge in [0.15, 0.2) is 0 Å². The highest BCUT2D eigenvalue weighted by molar-refractivity contribution is 5.94. The van der Waals surface area contributed by atoms with Crippen molar-refractivity contribution in [2.75, 3.05) is 6.61 Å². The topological polar surface area (TPSA) is 138 Å². The lowest BCUT2D eigenvalue weighted by atomic mass is 10.1. The predicted octanol–water partition coefficient (Wildman–Crippen LogP) is -0.139. The number of carboxylic acids is 1. The summed E-state index contributed by atoms with van der Waals surface area (Å²) in [5.41, 5.74) is -0.618. The average molecular weight is 246 g/mol. The van der Waals surface area contributed by atoms with Gasteiger partial charge in [-0.1, -0.05) is 0 Å². The maximum atomic E-state index is 10.4. The second-order valence-corrected chi connectivity index (χ2v) is 3.20. The molecule has 0 amide bonds. The van der Waals surface area contributed by atoms with E-state index in [0.29, 0.717) is 0 Å². The van der Waals surface area contributed by atoms with E-state index < -0.39 is 34.9 Å². The third-order valence-electron chi connectivity index (χ3n) is 1.56. The molecule has 17 heavy (non-hydrogen) atoms. The number of benzene rings is 1. The molecule has 1 aromatic rings. The molecule has 7 nitrogen and oxygen atoms in total. The molecule has 0 fully saturated rings. The summed E-state index contributed by atoms with van der Waals surface area (Å²) >= 11 is 0. The number of hydrogen-bond donors (Lipinski definition) is 6. The fourth-order valence-electron chi connectivity index (χ4n) is 0.816. The highest BCUT2D eigenvalue weighted by atomic mass is 16.4. The van der Waals surface area contributed by atoms with E-state index in [1.165, 1.54) is 6.92 Å². The molecule has 0 aliphatic carbocycles. The molecular formula is C10H14O7. The van der Waals surface area contributed by atoms with Gasteiger partial charge in [0.2, 0.25) is 0 Å². The SMILES string of the molecule is CC(O)CO.O=C(O)c1c(O)cc(O)cc1O. The minimum absolute atomic E-state index is 0.139. The summed E-state index contributed by atoms with van der Waals surface area (Å²) in [6.07, 6.45) is -0.560. The monoisotopic (exact) mass is 246 g/mol. The van der Waals surface area contributed by atoms with Crippen LogP contribution in [0.5, 0.6) is 17.2 Å². The molecule has 0 radical (unpaired) electrons. The molecule has 0 aliphatic heterocycles. The Labute approximate surface area is 96.8 Å². The molecule has 1 aromatic carbocycles. The standard InChI is InChI=1S/C7H6O5.C3H8O2/c8-3-1-4(9)6(7(11)12)5(10)2-3;1-3(5)2-4/h1-2,8-10H,(H,11,12);3-5H,2H2,1H3. The summed E-state index contributed by atoms with van der Waals surface area (Å²) in [5, 5.41) is 51.1. The van der Waals surface area contributed by atoms with E-state index in [1.807, 2.05) is 0 Å². The molecule has 96 valence electrons. The largest absolute Gasteiger partial charge is 0.508 e. The lowest BCUT2D eigenvalue weighted by Crippen LogP contribution is -2.03. The smallest absolute Gasteiger partial charge is 0.343 e. The van der Waals surface area contributed by atoms with Crippen molar-refractivity contribution in [1.29, 1.82) is 0 Å². The van der Waals surface area contributed by atoms with Crippen molar-refractivity contribution in [3.8, 4) is 17.2 Å². The third kappa shape index (κ3) is 5.05. The van der Waals surface area contributed by atoms with Gasteiger partial charge in [-0.15, -0.1) is 0 Å². The van der Waals surface area contributed by atoms with Crippen LogP contribution in [0, 0.1) is 0 Å². The zero-order chi connectivity index (χ0) is 13.6. The molecule has 0 aliphatic rings. The van der Waals surface area contributed by atoms with Crippen LogP contribution < -0.4 is 0 Å². The van der Waals surface area contributed by atoms with Crippen LogP contribution in [-0.4, -0.2) is 49.3 Å². The van der Waals surface area contributed by atoms with Crippen molar-refractivity contribution in [2.24, 2.45) is 0 Å². The van der Waals surface area contributed by atoms with Crippen LogP contribution in [0.4, 0.5) is 0 Å². The first-order chi connectivity index (χ1) is 7.79. The van der Waals surface area contributed by atoms with Crippen LogP contribution in [0.1, 0.15) is 17.3 Å². The van der Waals surface area contributed by atoms with Gasteiger partial charge in [0, 0.05) is 12.1 Å². The van der Waals surface area contributed by atoms with Gasteiger partial charge in [-0.25, -0.2) is 4.79 Å². The third-order valence-corrected chi connectivity index (χ3v) is 1.56. The number of hydrogen-bond acceptors (Lipinski definition) is 6. The van der Waals surface area contributed by atoms with E-state index in [9.17, 15) is 4.79 Å². The summed E-state index contributed by atoms with van der Waals surface area (Å²) in [6.45, 7) is 1.39. The Morgan fingerprint density at radius 1 is 1.24 bits per heavy atom. The predicted molar refractivity (Wildman–Crippen MR) is 57.2 cm³/mol. The van der Waals surface area contributed by atoms with Gasteiger partial charge in [0.1, 0.15) is 22.8 Å². The minimum atomic E-state index is -1.45. The van der Waals surface area contributed by atoms with Crippen LogP contribution in [-0.2, 0) is 0 Å². The lowest BCUT2D eigenvalue weighted by Gasteiger charge is -2.02. The first-order valence-electron chi connectivity index (χ1n) is 4.56. The Balaban J connectivity index is 0.000000437. The quantitative estimate of drug-likeness (QED) is 0.427. The number of rotatable bonds is 2. The zero-order valence-electron chi connectivity index (χ0n) is 9.03. The molecule has 1 unspecified atom stereocenters. The molecule has 0 bridgehead atoms. The molecule has 0 heterocycles. The van der Waals surface area contributed by atoms with Crippen LogP contribution in [0.3, 0.4) is 0 Å². The van der Waals surface area contributed by atoms with E-state index in [4.69, 9.17) is 30.6 Å². The Bertz CT molecular complexity index is 363. The van der Waals surface area contributed by atoms with Crippen LogP contribution in [0.2, 0.25) is 0 Å². The zero-order valence-corrected chi connectivity index (χ0v) is 9.03. The summed E-state index contributed by atoms with van der Waals surface area (Å²) < 4.78 is 0. The molecule has 0 spiro atoms. The molecule has 0 saturated heterocycles. The average Bonchev–Trinajstić information content (AvgIpc) is 2.15. The van der Waals surface area contributed by atoms with Gasteiger partial charge in [-0.2, -0.15) is 0 Å². The number of carboxylic acid groups (broad SMARTS) is 1. The Hall–Kier alpha value is -1.99. The number of carbonyl (C=O) groups is 1. The van der Waals surface area contributed by atoms with Crippen molar-refractivity contribution >= 4 is 5.97 Å². The van der Waals surface area contributed by atoms with Crippen molar-refractivity contribution in [3.05, 3.63) is 17.7 Å². The molecular weight excluding hydrogens is 232 g/mol. The molecule has 7 heteroatoms. The number of aromatic carboxylic acids is 1. The van der Waals surface area contributed by atoms with Gasteiger partial charge >= 0.3 is 5.97 Å². The summed E-state index contributed by atoms with van der Waals surface area (Å²) in [4.78, 5) is 10.4. The van der Waals surface area contributed by atoms with Crippen LogP contribution >= 0.6 is 0 Å². The first kappa shape index (κ1) is 15.0. The van der Waals surface area contributed by atoms with E-state index >= 15 is 0 Å². The fourth-order valence-corrected chi connectivity index (χ4v) is 0.816. The van der Waals surface area contributed by atoms with Gasteiger partial charge in [0.05, 0.1) is 12.7 Å². The molecule has 1 atom stereocenters. The normalized spacial score (nSPS) is 11.2. The molecule has 6 N–H and O–H groups in total.